The predicted molar refractivity (Wildman–Crippen MR) is 83.8 cm³/mol. The molecule has 1 aromatic heterocycles. The summed E-state index contributed by atoms with van der Waals surface area (Å²) in [6.45, 7) is 1.01. The first-order valence-corrected chi connectivity index (χ1v) is 7.59. The van der Waals surface area contributed by atoms with Crippen LogP contribution in [0.4, 0.5) is 4.39 Å². The Morgan fingerprint density at radius 1 is 1.33 bits per heavy atom. The third kappa shape index (κ3) is 3.27. The Balaban J connectivity index is 1.55. The minimum Gasteiger partial charge on any atom is -0.343 e. The molecule has 0 N–H and O–H groups in total. The van der Waals surface area contributed by atoms with Crippen LogP contribution in [0, 0.1) is 5.82 Å². The molecule has 0 atom stereocenters. The fourth-order valence-corrected chi connectivity index (χ4v) is 2.54. The fraction of sp³-hybridized carbons (Fsp3) is 0.375. The zero-order chi connectivity index (χ0) is 17.3. The lowest BCUT2D eigenvalue weighted by atomic mass is 10.1. The number of hydrogen-bond acceptors (Lipinski definition) is 4. The molecular formula is C16H18FN5O2. The fourth-order valence-electron chi connectivity index (χ4n) is 2.54. The van der Waals surface area contributed by atoms with Crippen molar-refractivity contribution in [1.82, 2.24) is 24.8 Å². The highest BCUT2D eigenvalue weighted by molar-refractivity contribution is 5.91. The van der Waals surface area contributed by atoms with Crippen molar-refractivity contribution in [3.05, 3.63) is 47.5 Å². The van der Waals surface area contributed by atoms with E-state index in [0.29, 0.717) is 18.7 Å². The number of benzene rings is 1. The summed E-state index contributed by atoms with van der Waals surface area (Å²) in [5.74, 6) is -0.608. The Bertz CT molecular complexity index is 767. The average molecular weight is 331 g/mol. The van der Waals surface area contributed by atoms with Crippen molar-refractivity contribution in [2.45, 2.75) is 12.5 Å². The van der Waals surface area contributed by atoms with Crippen LogP contribution < -0.4 is 0 Å². The molecule has 126 valence electrons. The second-order valence-corrected chi connectivity index (χ2v) is 6.04. The van der Waals surface area contributed by atoms with Gasteiger partial charge in [-0.25, -0.2) is 9.07 Å². The van der Waals surface area contributed by atoms with Gasteiger partial charge in [0.1, 0.15) is 5.82 Å². The SMILES string of the molecule is CN(C)C(=O)c1cn(C2CN(C(=O)Cc3cccc(F)c3)C2)nn1. The van der Waals surface area contributed by atoms with E-state index in [1.807, 2.05) is 0 Å². The van der Waals surface area contributed by atoms with Crippen molar-refractivity contribution in [3.63, 3.8) is 0 Å². The van der Waals surface area contributed by atoms with Crippen molar-refractivity contribution in [1.29, 1.82) is 0 Å². The van der Waals surface area contributed by atoms with Crippen LogP contribution in [-0.4, -0.2) is 63.8 Å². The maximum atomic E-state index is 13.1. The normalized spacial score (nSPS) is 14.4. The summed E-state index contributed by atoms with van der Waals surface area (Å²) < 4.78 is 14.8. The summed E-state index contributed by atoms with van der Waals surface area (Å²) in [6, 6.07) is 6.05. The van der Waals surface area contributed by atoms with E-state index < -0.39 is 0 Å². The molecule has 2 amide bonds. The number of likely N-dealkylation sites (tertiary alicyclic amines) is 1. The minimum atomic E-state index is -0.345. The van der Waals surface area contributed by atoms with Gasteiger partial charge in [0.05, 0.1) is 18.7 Å². The van der Waals surface area contributed by atoms with Crippen LogP contribution in [0.5, 0.6) is 0 Å². The second-order valence-electron chi connectivity index (χ2n) is 6.04. The zero-order valence-electron chi connectivity index (χ0n) is 13.5. The van der Waals surface area contributed by atoms with E-state index in [2.05, 4.69) is 10.3 Å². The Hall–Kier alpha value is -2.77. The maximum Gasteiger partial charge on any atom is 0.275 e. The Morgan fingerprint density at radius 2 is 2.08 bits per heavy atom. The average Bonchev–Trinajstić information content (AvgIpc) is 2.94. The topological polar surface area (TPSA) is 71.3 Å². The van der Waals surface area contributed by atoms with Crippen molar-refractivity contribution >= 4 is 11.8 Å². The van der Waals surface area contributed by atoms with Gasteiger partial charge >= 0.3 is 0 Å². The van der Waals surface area contributed by atoms with Crippen LogP contribution in [0.15, 0.2) is 30.5 Å². The van der Waals surface area contributed by atoms with Crippen LogP contribution in [0.25, 0.3) is 0 Å². The van der Waals surface area contributed by atoms with Gasteiger partial charge in [0, 0.05) is 27.2 Å². The minimum absolute atomic E-state index is 0.0117. The van der Waals surface area contributed by atoms with E-state index in [0.717, 1.165) is 0 Å². The first-order valence-electron chi connectivity index (χ1n) is 7.59. The number of nitrogens with zero attached hydrogens (tertiary/aromatic N) is 5. The van der Waals surface area contributed by atoms with Crippen molar-refractivity contribution in [3.8, 4) is 0 Å². The molecule has 2 aromatic rings. The quantitative estimate of drug-likeness (QED) is 0.829. The zero-order valence-corrected chi connectivity index (χ0v) is 13.5. The Kier molecular flexibility index (Phi) is 4.28. The molecule has 7 nitrogen and oxygen atoms in total. The number of halogens is 1. The molecule has 0 aliphatic carbocycles. The summed E-state index contributed by atoms with van der Waals surface area (Å²) >= 11 is 0. The standard InChI is InChI=1S/C16H18FN5O2/c1-20(2)16(24)14-10-22(19-18-14)13-8-21(9-13)15(23)7-11-4-3-5-12(17)6-11/h3-6,10,13H,7-9H2,1-2H3. The van der Waals surface area contributed by atoms with Crippen molar-refractivity contribution in [2.24, 2.45) is 0 Å². The van der Waals surface area contributed by atoms with Gasteiger partial charge in [-0.15, -0.1) is 5.10 Å². The van der Waals surface area contributed by atoms with Crippen LogP contribution in [-0.2, 0) is 11.2 Å². The van der Waals surface area contributed by atoms with E-state index in [1.54, 1.807) is 42.0 Å². The molecule has 0 unspecified atom stereocenters. The molecule has 1 aromatic carbocycles. The van der Waals surface area contributed by atoms with Gasteiger partial charge in [0.25, 0.3) is 5.91 Å². The van der Waals surface area contributed by atoms with Gasteiger partial charge in [-0.3, -0.25) is 9.59 Å². The van der Waals surface area contributed by atoms with Crippen molar-refractivity contribution < 1.29 is 14.0 Å². The molecule has 0 bridgehead atoms. The molecule has 1 aliphatic rings. The number of amides is 2. The highest BCUT2D eigenvalue weighted by atomic mass is 19.1. The maximum absolute atomic E-state index is 13.1. The predicted octanol–water partition coefficient (Wildman–Crippen LogP) is 0.745. The number of carbonyl (C=O) groups is 2. The van der Waals surface area contributed by atoms with E-state index in [-0.39, 0.29) is 35.8 Å². The van der Waals surface area contributed by atoms with E-state index >= 15 is 0 Å². The lowest BCUT2D eigenvalue weighted by molar-refractivity contribution is -0.136. The highest BCUT2D eigenvalue weighted by Crippen LogP contribution is 2.21. The summed E-state index contributed by atoms with van der Waals surface area (Å²) in [5, 5.41) is 7.83. The van der Waals surface area contributed by atoms with Crippen LogP contribution in [0.2, 0.25) is 0 Å². The molecule has 3 rings (SSSR count). The molecule has 24 heavy (non-hydrogen) atoms. The first-order chi connectivity index (χ1) is 11.4. The highest BCUT2D eigenvalue weighted by Gasteiger charge is 2.33. The summed E-state index contributed by atoms with van der Waals surface area (Å²) in [7, 11) is 3.30. The number of rotatable bonds is 4. The molecule has 1 fully saturated rings. The van der Waals surface area contributed by atoms with Gasteiger partial charge in [-0.2, -0.15) is 0 Å². The van der Waals surface area contributed by atoms with E-state index in [4.69, 9.17) is 0 Å². The van der Waals surface area contributed by atoms with E-state index in [1.165, 1.54) is 17.0 Å². The lowest BCUT2D eigenvalue weighted by Gasteiger charge is -2.39. The summed E-state index contributed by atoms with van der Waals surface area (Å²) in [4.78, 5) is 27.1. The third-order valence-corrected chi connectivity index (χ3v) is 3.97. The third-order valence-electron chi connectivity index (χ3n) is 3.97. The van der Waals surface area contributed by atoms with E-state index in [9.17, 15) is 14.0 Å². The Labute approximate surface area is 138 Å². The van der Waals surface area contributed by atoms with Crippen LogP contribution >= 0.6 is 0 Å². The summed E-state index contributed by atoms with van der Waals surface area (Å²) in [5.41, 5.74) is 0.938. The molecule has 8 heteroatoms. The van der Waals surface area contributed by atoms with Gasteiger partial charge in [0.15, 0.2) is 5.69 Å². The number of aromatic nitrogens is 3. The Morgan fingerprint density at radius 3 is 2.75 bits per heavy atom. The van der Waals surface area contributed by atoms with Crippen molar-refractivity contribution in [2.75, 3.05) is 27.2 Å². The molecule has 0 saturated carbocycles. The smallest absolute Gasteiger partial charge is 0.275 e. The molecule has 1 saturated heterocycles. The molecule has 0 radical (unpaired) electrons. The number of hydrogen-bond donors (Lipinski definition) is 0. The van der Waals surface area contributed by atoms with Gasteiger partial charge in [-0.1, -0.05) is 17.3 Å². The molecule has 2 heterocycles. The van der Waals surface area contributed by atoms with Gasteiger partial charge < -0.3 is 9.80 Å². The molecule has 0 spiro atoms. The summed E-state index contributed by atoms with van der Waals surface area (Å²) in [6.07, 6.45) is 1.77. The second kappa shape index (κ2) is 6.38. The largest absolute Gasteiger partial charge is 0.343 e. The molecule has 1 aliphatic heterocycles. The first kappa shape index (κ1) is 16.1. The van der Waals surface area contributed by atoms with Crippen LogP contribution in [0.3, 0.4) is 0 Å². The lowest BCUT2D eigenvalue weighted by Crippen LogP contribution is -2.51. The molecular weight excluding hydrogens is 313 g/mol. The van der Waals surface area contributed by atoms with Gasteiger partial charge in [-0.05, 0) is 17.7 Å². The van der Waals surface area contributed by atoms with Crippen LogP contribution in [0.1, 0.15) is 22.1 Å². The number of carbonyl (C=O) groups excluding carboxylic acids is 2. The van der Waals surface area contributed by atoms with Gasteiger partial charge in [0.2, 0.25) is 5.91 Å². The monoisotopic (exact) mass is 331 g/mol.